The van der Waals surface area contributed by atoms with Gasteiger partial charge in [0.15, 0.2) is 30.6 Å². The largest absolute Gasteiger partial charge is 0.467 e. The highest BCUT2D eigenvalue weighted by Crippen LogP contribution is 2.29. The molecule has 0 unspecified atom stereocenters. The number of amides is 2. The summed E-state index contributed by atoms with van der Waals surface area (Å²) in [4.78, 5) is 72.7. The van der Waals surface area contributed by atoms with Gasteiger partial charge in [0.2, 0.25) is 5.91 Å². The van der Waals surface area contributed by atoms with Crippen LogP contribution < -0.4 is 10.6 Å². The molecule has 2 N–H and O–H groups in total. The van der Waals surface area contributed by atoms with E-state index in [2.05, 4.69) is 10.6 Å². The first-order chi connectivity index (χ1) is 19.8. The maximum absolute atomic E-state index is 12.8. The number of ether oxygens (including phenoxy) is 7. The minimum absolute atomic E-state index is 0.0183. The van der Waals surface area contributed by atoms with Crippen molar-refractivity contribution in [3.8, 4) is 0 Å². The molecular formula is C27H36N2O13. The van der Waals surface area contributed by atoms with Crippen LogP contribution in [0.3, 0.4) is 0 Å². The minimum atomic E-state index is -1.42. The molecule has 0 aromatic heterocycles. The van der Waals surface area contributed by atoms with Gasteiger partial charge < -0.3 is 43.8 Å². The fourth-order valence-corrected chi connectivity index (χ4v) is 3.91. The second-order valence-electron chi connectivity index (χ2n) is 9.28. The SMILES string of the molecule is COC(=O)[C@H](CO[C@H]1O[C@@H](C)[C@@H](OC(C)=O)[C@@H](OC(C)=O)[C@@H]1OC(C)=O)NC(=O)[C@H](C)NC(=O)OCc1ccccc1. The maximum atomic E-state index is 12.8. The summed E-state index contributed by atoms with van der Waals surface area (Å²) in [6, 6.07) is 6.37. The molecule has 0 saturated carbocycles. The van der Waals surface area contributed by atoms with Crippen LogP contribution in [-0.2, 0) is 63.7 Å². The molecule has 7 atom stereocenters. The van der Waals surface area contributed by atoms with E-state index in [9.17, 15) is 28.8 Å². The van der Waals surface area contributed by atoms with E-state index in [4.69, 9.17) is 33.2 Å². The van der Waals surface area contributed by atoms with E-state index in [1.807, 2.05) is 6.07 Å². The summed E-state index contributed by atoms with van der Waals surface area (Å²) in [5, 5.41) is 4.76. The Labute approximate surface area is 242 Å². The number of hydrogen-bond donors (Lipinski definition) is 2. The van der Waals surface area contributed by atoms with Crippen LogP contribution in [0.5, 0.6) is 0 Å². The van der Waals surface area contributed by atoms with Crippen LogP contribution >= 0.6 is 0 Å². The van der Waals surface area contributed by atoms with Crippen molar-refractivity contribution in [1.29, 1.82) is 0 Å². The molecule has 1 aromatic carbocycles. The summed E-state index contributed by atoms with van der Waals surface area (Å²) >= 11 is 0. The predicted octanol–water partition coefficient (Wildman–Crippen LogP) is 0.516. The molecule has 1 aliphatic rings. The summed E-state index contributed by atoms with van der Waals surface area (Å²) in [5.41, 5.74) is 0.745. The quantitative estimate of drug-likeness (QED) is 0.251. The molecule has 232 valence electrons. The number of carbonyl (C=O) groups is 6. The normalized spacial score (nSPS) is 22.9. The van der Waals surface area contributed by atoms with E-state index >= 15 is 0 Å². The lowest BCUT2D eigenvalue weighted by atomic mass is 9.99. The Bertz CT molecular complexity index is 1110. The summed E-state index contributed by atoms with van der Waals surface area (Å²) < 4.78 is 37.2. The van der Waals surface area contributed by atoms with Gasteiger partial charge in [-0.05, 0) is 19.4 Å². The summed E-state index contributed by atoms with van der Waals surface area (Å²) in [6.45, 7) is 5.66. The van der Waals surface area contributed by atoms with Crippen LogP contribution in [0.25, 0.3) is 0 Å². The standard InChI is InChI=1S/C27H36N2O13/c1-14(28-27(35)38-12-19-10-8-7-9-11-19)24(33)29-20(25(34)36-6)13-37-26-23(42-18(5)32)22(41-17(4)31)21(15(2)39-26)40-16(3)30/h7-11,14-15,20-23,26H,12-13H2,1-6H3,(H,28,35)(H,29,33)/t14-,15-,20-,21+,22+,23-,26-/m0/s1. The van der Waals surface area contributed by atoms with Crippen molar-refractivity contribution in [2.75, 3.05) is 13.7 Å². The highest BCUT2D eigenvalue weighted by Gasteiger charge is 2.51. The lowest BCUT2D eigenvalue weighted by Gasteiger charge is -2.43. The van der Waals surface area contributed by atoms with Crippen LogP contribution in [0.2, 0.25) is 0 Å². The molecule has 2 amide bonds. The zero-order chi connectivity index (χ0) is 31.4. The van der Waals surface area contributed by atoms with Gasteiger partial charge in [0.05, 0.1) is 19.8 Å². The second kappa shape index (κ2) is 16.3. The van der Waals surface area contributed by atoms with Gasteiger partial charge in [-0.1, -0.05) is 30.3 Å². The number of alkyl carbamates (subject to hydrolysis) is 1. The number of methoxy groups -OCH3 is 1. The smallest absolute Gasteiger partial charge is 0.408 e. The first-order valence-electron chi connectivity index (χ1n) is 13.0. The van der Waals surface area contributed by atoms with Crippen molar-refractivity contribution in [2.24, 2.45) is 0 Å². The zero-order valence-corrected chi connectivity index (χ0v) is 24.1. The third-order valence-corrected chi connectivity index (χ3v) is 5.80. The van der Waals surface area contributed by atoms with Gasteiger partial charge in [-0.25, -0.2) is 9.59 Å². The molecule has 1 fully saturated rings. The number of benzene rings is 1. The van der Waals surface area contributed by atoms with Gasteiger partial charge in [0.25, 0.3) is 0 Å². The average molecular weight is 597 g/mol. The van der Waals surface area contributed by atoms with Crippen LogP contribution in [0.4, 0.5) is 4.79 Å². The molecule has 1 saturated heterocycles. The summed E-state index contributed by atoms with van der Waals surface area (Å²) in [7, 11) is 1.09. The third kappa shape index (κ3) is 10.6. The van der Waals surface area contributed by atoms with Crippen molar-refractivity contribution in [3.05, 3.63) is 35.9 Å². The molecule has 1 aromatic rings. The van der Waals surface area contributed by atoms with Crippen LogP contribution in [0.1, 0.15) is 40.2 Å². The van der Waals surface area contributed by atoms with Crippen molar-refractivity contribution in [1.82, 2.24) is 10.6 Å². The number of nitrogens with one attached hydrogen (secondary N) is 2. The zero-order valence-electron chi connectivity index (χ0n) is 24.1. The maximum Gasteiger partial charge on any atom is 0.408 e. The van der Waals surface area contributed by atoms with Gasteiger partial charge in [-0.3, -0.25) is 19.2 Å². The van der Waals surface area contributed by atoms with E-state index in [1.165, 1.54) is 13.8 Å². The fraction of sp³-hybridized carbons (Fsp3) is 0.556. The van der Waals surface area contributed by atoms with Crippen molar-refractivity contribution >= 4 is 35.9 Å². The minimum Gasteiger partial charge on any atom is -0.467 e. The van der Waals surface area contributed by atoms with E-state index in [-0.39, 0.29) is 6.61 Å². The van der Waals surface area contributed by atoms with E-state index in [0.717, 1.165) is 33.4 Å². The van der Waals surface area contributed by atoms with Crippen LogP contribution in [0.15, 0.2) is 30.3 Å². The van der Waals surface area contributed by atoms with E-state index in [0.29, 0.717) is 0 Å². The molecule has 0 aliphatic carbocycles. The predicted molar refractivity (Wildman–Crippen MR) is 140 cm³/mol. The number of rotatable bonds is 12. The molecule has 0 spiro atoms. The fourth-order valence-electron chi connectivity index (χ4n) is 3.91. The Hall–Kier alpha value is -4.24. The van der Waals surface area contributed by atoms with E-state index < -0.39 is 85.3 Å². The molecule has 42 heavy (non-hydrogen) atoms. The van der Waals surface area contributed by atoms with Gasteiger partial charge in [-0.15, -0.1) is 0 Å². The molecule has 15 nitrogen and oxygen atoms in total. The molecule has 0 bridgehead atoms. The van der Waals surface area contributed by atoms with Gasteiger partial charge in [0.1, 0.15) is 12.6 Å². The highest BCUT2D eigenvalue weighted by molar-refractivity contribution is 5.89. The van der Waals surface area contributed by atoms with Crippen molar-refractivity contribution in [2.45, 2.75) is 84.0 Å². The lowest BCUT2D eigenvalue weighted by Crippen LogP contribution is -2.62. The summed E-state index contributed by atoms with van der Waals surface area (Å²) in [5.74, 6) is -3.92. The average Bonchev–Trinajstić information content (AvgIpc) is 2.92. The van der Waals surface area contributed by atoms with Gasteiger partial charge >= 0.3 is 30.0 Å². The number of hydrogen-bond acceptors (Lipinski definition) is 13. The molecular weight excluding hydrogens is 560 g/mol. The third-order valence-electron chi connectivity index (χ3n) is 5.80. The van der Waals surface area contributed by atoms with Crippen molar-refractivity contribution < 1.29 is 61.9 Å². The molecule has 1 aliphatic heterocycles. The molecule has 1 heterocycles. The Morgan fingerprint density at radius 3 is 2.00 bits per heavy atom. The number of carbonyl (C=O) groups excluding carboxylic acids is 6. The summed E-state index contributed by atoms with van der Waals surface area (Å²) in [6.07, 6.45) is -7.08. The van der Waals surface area contributed by atoms with Crippen molar-refractivity contribution in [3.63, 3.8) is 0 Å². The Balaban J connectivity index is 2.09. The molecule has 2 rings (SSSR count). The Morgan fingerprint density at radius 2 is 1.43 bits per heavy atom. The Kier molecular flexibility index (Phi) is 13.2. The molecule has 15 heteroatoms. The first kappa shape index (κ1) is 34.0. The second-order valence-corrected chi connectivity index (χ2v) is 9.28. The molecule has 0 radical (unpaired) electrons. The van der Waals surface area contributed by atoms with Crippen LogP contribution in [-0.4, -0.2) is 92.4 Å². The topological polar surface area (TPSA) is 191 Å². The van der Waals surface area contributed by atoms with Crippen LogP contribution in [0, 0.1) is 0 Å². The monoisotopic (exact) mass is 596 g/mol. The van der Waals surface area contributed by atoms with Gasteiger partial charge in [-0.2, -0.15) is 0 Å². The first-order valence-corrected chi connectivity index (χ1v) is 13.0. The highest BCUT2D eigenvalue weighted by atomic mass is 16.7. The van der Waals surface area contributed by atoms with Gasteiger partial charge in [0, 0.05) is 20.8 Å². The lowest BCUT2D eigenvalue weighted by molar-refractivity contribution is -0.301. The van der Waals surface area contributed by atoms with E-state index in [1.54, 1.807) is 24.3 Å². The number of esters is 4. The Morgan fingerprint density at radius 1 is 0.857 bits per heavy atom.